The van der Waals surface area contributed by atoms with Gasteiger partial charge >= 0.3 is 0 Å². The monoisotopic (exact) mass is 243 g/mol. The minimum Gasteiger partial charge on any atom is -0.383 e. The van der Waals surface area contributed by atoms with Crippen molar-refractivity contribution in [2.75, 3.05) is 25.7 Å². The summed E-state index contributed by atoms with van der Waals surface area (Å²) in [4.78, 5) is 20.6. The maximum absolute atomic E-state index is 10.9. The highest BCUT2D eigenvalue weighted by Gasteiger charge is 2.17. The molecule has 0 aliphatic heterocycles. The van der Waals surface area contributed by atoms with Gasteiger partial charge in [-0.25, -0.2) is 9.97 Å². The predicted molar refractivity (Wildman–Crippen MR) is 62.2 cm³/mol. The van der Waals surface area contributed by atoms with E-state index in [1.165, 1.54) is 6.33 Å². The molecule has 0 amide bonds. The maximum atomic E-state index is 10.9. The first-order valence-electron chi connectivity index (χ1n) is 4.79. The topological polar surface area (TPSA) is 55.3 Å². The summed E-state index contributed by atoms with van der Waals surface area (Å²) in [7, 11) is 3.45. The molecule has 0 fully saturated rings. The fraction of sp³-hybridized carbons (Fsp3) is 0.500. The van der Waals surface area contributed by atoms with E-state index in [2.05, 4.69) is 9.97 Å². The van der Waals surface area contributed by atoms with E-state index in [4.69, 9.17) is 16.3 Å². The van der Waals surface area contributed by atoms with Crippen LogP contribution in [0, 0.1) is 0 Å². The van der Waals surface area contributed by atoms with E-state index >= 15 is 0 Å². The SMILES string of the molecule is COCC(C)N(C)c1ncnc(Cl)c1C=O. The number of carbonyl (C=O) groups excluding carboxylic acids is 1. The summed E-state index contributed by atoms with van der Waals surface area (Å²) in [5.74, 6) is 0.513. The molecule has 0 bridgehead atoms. The molecule has 0 radical (unpaired) electrons. The Hall–Kier alpha value is -1.20. The Balaban J connectivity index is 3.03. The number of likely N-dealkylation sites (N-methyl/N-ethyl adjacent to an activating group) is 1. The first kappa shape index (κ1) is 12.9. The normalized spacial score (nSPS) is 12.2. The van der Waals surface area contributed by atoms with Gasteiger partial charge in [0.25, 0.3) is 0 Å². The Kier molecular flexibility index (Phi) is 4.64. The van der Waals surface area contributed by atoms with Gasteiger partial charge in [0.1, 0.15) is 17.3 Å². The lowest BCUT2D eigenvalue weighted by atomic mass is 10.2. The van der Waals surface area contributed by atoms with Crippen LogP contribution in [0.5, 0.6) is 0 Å². The summed E-state index contributed by atoms with van der Waals surface area (Å²) in [6.45, 7) is 2.50. The number of halogens is 1. The van der Waals surface area contributed by atoms with Gasteiger partial charge in [-0.2, -0.15) is 0 Å². The van der Waals surface area contributed by atoms with E-state index in [0.717, 1.165) is 0 Å². The van der Waals surface area contributed by atoms with Gasteiger partial charge in [0.15, 0.2) is 6.29 Å². The molecular weight excluding hydrogens is 230 g/mol. The van der Waals surface area contributed by atoms with Crippen molar-refractivity contribution in [1.29, 1.82) is 0 Å². The third-order valence-electron chi connectivity index (χ3n) is 2.34. The first-order valence-corrected chi connectivity index (χ1v) is 5.17. The fourth-order valence-corrected chi connectivity index (χ4v) is 1.48. The molecular formula is C10H14ClN3O2. The van der Waals surface area contributed by atoms with Crippen LogP contribution in [0.15, 0.2) is 6.33 Å². The minimum absolute atomic E-state index is 0.0923. The molecule has 5 nitrogen and oxygen atoms in total. The summed E-state index contributed by atoms with van der Waals surface area (Å²) in [5.41, 5.74) is 0.301. The van der Waals surface area contributed by atoms with Gasteiger partial charge in [0.05, 0.1) is 18.2 Å². The van der Waals surface area contributed by atoms with Crippen molar-refractivity contribution in [3.63, 3.8) is 0 Å². The lowest BCUT2D eigenvalue weighted by molar-refractivity contribution is 0.112. The molecule has 1 aromatic rings. The molecule has 1 atom stereocenters. The van der Waals surface area contributed by atoms with Crippen molar-refractivity contribution in [1.82, 2.24) is 9.97 Å². The van der Waals surface area contributed by atoms with Crippen molar-refractivity contribution in [3.8, 4) is 0 Å². The molecule has 0 saturated carbocycles. The summed E-state index contributed by atoms with van der Waals surface area (Å²) in [6, 6.07) is 0.0923. The lowest BCUT2D eigenvalue weighted by Crippen LogP contribution is -2.34. The van der Waals surface area contributed by atoms with Crippen molar-refractivity contribution >= 4 is 23.7 Å². The number of nitrogens with zero attached hydrogens (tertiary/aromatic N) is 3. The van der Waals surface area contributed by atoms with Crippen LogP contribution < -0.4 is 4.90 Å². The number of carbonyl (C=O) groups is 1. The van der Waals surface area contributed by atoms with Crippen LogP contribution in [0.2, 0.25) is 5.15 Å². The summed E-state index contributed by atoms with van der Waals surface area (Å²) >= 11 is 5.82. The Labute approximate surface area is 99.4 Å². The smallest absolute Gasteiger partial charge is 0.156 e. The highest BCUT2D eigenvalue weighted by atomic mass is 35.5. The average molecular weight is 244 g/mol. The van der Waals surface area contributed by atoms with Crippen LogP contribution in [0.3, 0.4) is 0 Å². The fourth-order valence-electron chi connectivity index (χ4n) is 1.31. The van der Waals surface area contributed by atoms with Crippen LogP contribution in [0.25, 0.3) is 0 Å². The third kappa shape index (κ3) is 2.68. The zero-order valence-corrected chi connectivity index (χ0v) is 10.2. The maximum Gasteiger partial charge on any atom is 0.156 e. The van der Waals surface area contributed by atoms with E-state index in [-0.39, 0.29) is 11.2 Å². The van der Waals surface area contributed by atoms with Crippen molar-refractivity contribution in [2.24, 2.45) is 0 Å². The van der Waals surface area contributed by atoms with Gasteiger partial charge in [-0.05, 0) is 6.92 Å². The summed E-state index contributed by atoms with van der Waals surface area (Å²) < 4.78 is 5.04. The summed E-state index contributed by atoms with van der Waals surface area (Å²) in [6.07, 6.45) is 1.99. The van der Waals surface area contributed by atoms with Crippen LogP contribution in [-0.2, 0) is 4.74 Å². The number of anilines is 1. The molecule has 1 unspecified atom stereocenters. The van der Waals surface area contributed by atoms with Crippen LogP contribution in [-0.4, -0.2) is 43.1 Å². The molecule has 1 aromatic heterocycles. The van der Waals surface area contributed by atoms with E-state index in [1.54, 1.807) is 7.11 Å². The second-order valence-electron chi connectivity index (χ2n) is 3.43. The van der Waals surface area contributed by atoms with Crippen molar-refractivity contribution < 1.29 is 9.53 Å². The number of rotatable bonds is 5. The van der Waals surface area contributed by atoms with Gasteiger partial charge in [0.2, 0.25) is 0 Å². The molecule has 88 valence electrons. The predicted octanol–water partition coefficient (Wildman–Crippen LogP) is 1.41. The minimum atomic E-state index is 0.0923. The molecule has 0 aliphatic rings. The number of ether oxygens (including phenoxy) is 1. The van der Waals surface area contributed by atoms with E-state index in [0.29, 0.717) is 24.3 Å². The molecule has 0 saturated heterocycles. The molecule has 0 aromatic carbocycles. The molecule has 0 N–H and O–H groups in total. The van der Waals surface area contributed by atoms with Crippen LogP contribution in [0.4, 0.5) is 5.82 Å². The molecule has 1 rings (SSSR count). The number of hydrogen-bond donors (Lipinski definition) is 0. The van der Waals surface area contributed by atoms with Crippen LogP contribution >= 0.6 is 11.6 Å². The third-order valence-corrected chi connectivity index (χ3v) is 2.64. The number of aromatic nitrogens is 2. The van der Waals surface area contributed by atoms with Gasteiger partial charge in [0, 0.05) is 14.2 Å². The summed E-state index contributed by atoms with van der Waals surface area (Å²) in [5, 5.41) is 0.163. The zero-order valence-electron chi connectivity index (χ0n) is 9.48. The van der Waals surface area contributed by atoms with E-state index < -0.39 is 0 Å². The highest BCUT2D eigenvalue weighted by molar-refractivity contribution is 6.32. The van der Waals surface area contributed by atoms with Crippen molar-refractivity contribution in [2.45, 2.75) is 13.0 Å². The Morgan fingerprint density at radius 2 is 2.31 bits per heavy atom. The quantitative estimate of drug-likeness (QED) is 0.578. The van der Waals surface area contributed by atoms with Gasteiger partial charge < -0.3 is 9.64 Å². The second kappa shape index (κ2) is 5.77. The van der Waals surface area contributed by atoms with Gasteiger partial charge in [-0.15, -0.1) is 0 Å². The second-order valence-corrected chi connectivity index (χ2v) is 3.79. The first-order chi connectivity index (χ1) is 7.61. The number of aldehydes is 1. The van der Waals surface area contributed by atoms with E-state index in [1.807, 2.05) is 18.9 Å². The Bertz CT molecular complexity index is 373. The van der Waals surface area contributed by atoms with Gasteiger partial charge in [-0.1, -0.05) is 11.6 Å². The lowest BCUT2D eigenvalue weighted by Gasteiger charge is -2.26. The van der Waals surface area contributed by atoms with Crippen LogP contribution in [0.1, 0.15) is 17.3 Å². The largest absolute Gasteiger partial charge is 0.383 e. The standard InChI is InChI=1S/C10H14ClN3O2/c1-7(5-16-3)14(2)10-8(4-15)9(11)12-6-13-10/h4,6-7H,5H2,1-3H3. The highest BCUT2D eigenvalue weighted by Crippen LogP contribution is 2.21. The number of methoxy groups -OCH3 is 1. The molecule has 0 aliphatic carbocycles. The van der Waals surface area contributed by atoms with E-state index in [9.17, 15) is 4.79 Å². The average Bonchev–Trinajstić information content (AvgIpc) is 2.28. The Morgan fingerprint density at radius 3 is 2.88 bits per heavy atom. The molecule has 6 heteroatoms. The molecule has 1 heterocycles. The number of hydrogen-bond acceptors (Lipinski definition) is 5. The molecule has 16 heavy (non-hydrogen) atoms. The zero-order chi connectivity index (χ0) is 12.1. The Morgan fingerprint density at radius 1 is 1.62 bits per heavy atom. The van der Waals surface area contributed by atoms with Gasteiger partial charge in [-0.3, -0.25) is 4.79 Å². The van der Waals surface area contributed by atoms with Crippen molar-refractivity contribution in [3.05, 3.63) is 17.0 Å². The molecule has 0 spiro atoms.